The first-order chi connectivity index (χ1) is 15.5. The first kappa shape index (κ1) is 24.7. The summed E-state index contributed by atoms with van der Waals surface area (Å²) < 4.78 is 39.3. The zero-order chi connectivity index (χ0) is 24.3. The maximum atomic E-state index is 13.5. The normalized spacial score (nSPS) is 11.5. The van der Waals surface area contributed by atoms with Crippen LogP contribution in [0.25, 0.3) is 0 Å². The van der Waals surface area contributed by atoms with Crippen molar-refractivity contribution in [3.63, 3.8) is 0 Å². The largest absolute Gasteiger partial charge is 0.455 e. The van der Waals surface area contributed by atoms with Gasteiger partial charge < -0.3 is 9.47 Å². The molecule has 0 saturated heterocycles. The van der Waals surface area contributed by atoms with Crippen molar-refractivity contribution in [1.29, 1.82) is 0 Å². The molecule has 0 atom stereocenters. The minimum absolute atomic E-state index is 0.0174. The van der Waals surface area contributed by atoms with Crippen LogP contribution in [0.1, 0.15) is 46.6 Å². The lowest BCUT2D eigenvalue weighted by molar-refractivity contribution is 0.0155. The number of anilines is 1. The number of carbonyl (C=O) groups excluding carboxylic acids is 1. The van der Waals surface area contributed by atoms with Crippen LogP contribution >= 0.6 is 11.3 Å². The lowest BCUT2D eigenvalue weighted by Crippen LogP contribution is -2.37. The fourth-order valence-corrected chi connectivity index (χ4v) is 6.06. The van der Waals surface area contributed by atoms with Crippen LogP contribution in [0.5, 0.6) is 5.75 Å². The molecule has 0 aliphatic heterocycles. The number of rotatable bonds is 8. The molecule has 0 amide bonds. The number of hydrogen-bond donors (Lipinski definition) is 0. The number of nitrogens with zero attached hydrogens (tertiary/aromatic N) is 2. The Morgan fingerprint density at radius 3 is 2.39 bits per heavy atom. The topological polar surface area (TPSA) is 85.8 Å². The van der Waals surface area contributed by atoms with Crippen LogP contribution in [0.4, 0.5) is 5.69 Å². The van der Waals surface area contributed by atoms with E-state index in [1.165, 1.54) is 4.31 Å². The standard InChI is InChI=1S/C24H28N2O5S2/c1-15(2)26(33(28,29)24-25-19(6)13-32-24)21-11-17(4)18(5)12-22(21)30-14-31-23(27)20-9-7-8-16(3)10-20/h7-13,15H,14H2,1-6H3. The molecule has 0 aliphatic carbocycles. The number of esters is 1. The molecule has 1 heterocycles. The SMILES string of the molecule is Cc1cccc(C(=O)OCOc2cc(C)c(C)cc2N(C(C)C)S(=O)(=O)c2nc(C)cs2)c1. The predicted octanol–water partition coefficient (Wildman–Crippen LogP) is 5.17. The van der Waals surface area contributed by atoms with E-state index in [1.54, 1.807) is 56.5 Å². The fraction of sp³-hybridized carbons (Fsp3) is 0.333. The molecule has 0 unspecified atom stereocenters. The number of aromatic nitrogens is 1. The number of sulfonamides is 1. The highest BCUT2D eigenvalue weighted by molar-refractivity contribution is 7.94. The Kier molecular flexibility index (Phi) is 7.44. The molecule has 3 rings (SSSR count). The van der Waals surface area contributed by atoms with Crippen molar-refractivity contribution in [2.75, 3.05) is 11.1 Å². The maximum absolute atomic E-state index is 13.5. The van der Waals surface area contributed by atoms with Crippen molar-refractivity contribution in [3.05, 3.63) is 69.7 Å². The number of hydrogen-bond acceptors (Lipinski definition) is 7. The molecule has 0 radical (unpaired) electrons. The van der Waals surface area contributed by atoms with E-state index >= 15 is 0 Å². The molecule has 0 bridgehead atoms. The lowest BCUT2D eigenvalue weighted by atomic mass is 10.1. The Balaban J connectivity index is 1.91. The van der Waals surface area contributed by atoms with Crippen LogP contribution in [0, 0.1) is 27.7 Å². The quantitative estimate of drug-likeness (QED) is 0.321. The molecule has 0 aliphatic rings. The molecule has 1 aromatic heterocycles. The summed E-state index contributed by atoms with van der Waals surface area (Å²) in [5, 5.41) is 1.70. The molecule has 33 heavy (non-hydrogen) atoms. The van der Waals surface area contributed by atoms with Gasteiger partial charge in [0.2, 0.25) is 11.1 Å². The number of ether oxygens (including phenoxy) is 2. The van der Waals surface area contributed by atoms with Gasteiger partial charge in [-0.3, -0.25) is 4.31 Å². The number of benzene rings is 2. The molecular formula is C24H28N2O5S2. The summed E-state index contributed by atoms with van der Waals surface area (Å²) in [5.74, 6) is -0.212. The van der Waals surface area contributed by atoms with Gasteiger partial charge in [-0.05, 0) is 76.9 Å². The van der Waals surface area contributed by atoms with E-state index in [0.717, 1.165) is 28.0 Å². The molecule has 0 N–H and O–H groups in total. The van der Waals surface area contributed by atoms with Gasteiger partial charge in [0.1, 0.15) is 5.75 Å². The second-order valence-corrected chi connectivity index (χ2v) is 11.0. The van der Waals surface area contributed by atoms with Crippen LogP contribution in [0.2, 0.25) is 0 Å². The number of thiazole rings is 1. The highest BCUT2D eigenvalue weighted by atomic mass is 32.2. The minimum Gasteiger partial charge on any atom is -0.455 e. The lowest BCUT2D eigenvalue weighted by Gasteiger charge is -2.29. The summed E-state index contributed by atoms with van der Waals surface area (Å²) in [5.41, 5.74) is 4.20. The Hall–Kier alpha value is -2.91. The zero-order valence-corrected chi connectivity index (χ0v) is 21.2. The Bertz CT molecular complexity index is 1270. The van der Waals surface area contributed by atoms with Gasteiger partial charge in [-0.15, -0.1) is 11.3 Å². The van der Waals surface area contributed by atoms with Crippen molar-refractivity contribution in [2.24, 2.45) is 0 Å². The first-order valence-electron chi connectivity index (χ1n) is 10.4. The van der Waals surface area contributed by atoms with Gasteiger partial charge in [0, 0.05) is 17.1 Å². The second-order valence-electron chi connectivity index (χ2n) is 8.12. The van der Waals surface area contributed by atoms with E-state index in [9.17, 15) is 13.2 Å². The smallest absolute Gasteiger partial charge is 0.341 e. The fourth-order valence-electron chi connectivity index (χ4n) is 3.28. The molecule has 9 heteroatoms. The molecule has 2 aromatic carbocycles. The third-order valence-corrected chi connectivity index (χ3v) is 8.36. The Labute approximate surface area is 199 Å². The van der Waals surface area contributed by atoms with E-state index in [4.69, 9.17) is 9.47 Å². The first-order valence-corrected chi connectivity index (χ1v) is 12.8. The van der Waals surface area contributed by atoms with Gasteiger partial charge in [-0.2, -0.15) is 8.42 Å². The van der Waals surface area contributed by atoms with Crippen molar-refractivity contribution in [3.8, 4) is 5.75 Å². The predicted molar refractivity (Wildman–Crippen MR) is 130 cm³/mol. The van der Waals surface area contributed by atoms with Crippen LogP contribution in [0.3, 0.4) is 0 Å². The van der Waals surface area contributed by atoms with Crippen LogP contribution in [0.15, 0.2) is 46.1 Å². The van der Waals surface area contributed by atoms with Gasteiger partial charge in [0.15, 0.2) is 0 Å². The molecule has 0 saturated carbocycles. The Morgan fingerprint density at radius 1 is 1.09 bits per heavy atom. The summed E-state index contributed by atoms with van der Waals surface area (Å²) in [6, 6.07) is 10.2. The third kappa shape index (κ3) is 5.54. The van der Waals surface area contributed by atoms with Crippen LogP contribution in [-0.4, -0.2) is 32.2 Å². The van der Waals surface area contributed by atoms with Gasteiger partial charge in [-0.1, -0.05) is 17.7 Å². The van der Waals surface area contributed by atoms with Gasteiger partial charge in [-0.25, -0.2) is 9.78 Å². The van der Waals surface area contributed by atoms with Gasteiger partial charge >= 0.3 is 5.97 Å². The van der Waals surface area contributed by atoms with E-state index in [0.29, 0.717) is 22.7 Å². The average Bonchev–Trinajstić information content (AvgIpc) is 3.18. The summed E-state index contributed by atoms with van der Waals surface area (Å²) >= 11 is 1.08. The van der Waals surface area contributed by atoms with Crippen molar-refractivity contribution in [2.45, 2.75) is 51.9 Å². The van der Waals surface area contributed by atoms with Crippen molar-refractivity contribution < 1.29 is 22.7 Å². The van der Waals surface area contributed by atoms with E-state index < -0.39 is 22.0 Å². The highest BCUT2D eigenvalue weighted by Crippen LogP contribution is 2.37. The van der Waals surface area contributed by atoms with Gasteiger partial charge in [0.25, 0.3) is 10.0 Å². The Morgan fingerprint density at radius 2 is 1.79 bits per heavy atom. The van der Waals surface area contributed by atoms with E-state index in [-0.39, 0.29) is 11.1 Å². The third-order valence-electron chi connectivity index (χ3n) is 5.02. The van der Waals surface area contributed by atoms with Crippen molar-refractivity contribution in [1.82, 2.24) is 4.98 Å². The summed E-state index contributed by atoms with van der Waals surface area (Å²) in [6.07, 6.45) is 0. The van der Waals surface area contributed by atoms with Gasteiger partial charge in [0.05, 0.1) is 11.3 Å². The molecule has 0 fully saturated rings. The monoisotopic (exact) mass is 488 g/mol. The summed E-state index contributed by atoms with van der Waals surface area (Å²) in [4.78, 5) is 16.6. The number of aryl methyl sites for hydroxylation is 4. The second kappa shape index (κ2) is 9.93. The molecular weight excluding hydrogens is 460 g/mol. The maximum Gasteiger partial charge on any atom is 0.341 e. The molecule has 0 spiro atoms. The number of carbonyl (C=O) groups is 1. The van der Waals surface area contributed by atoms with E-state index in [2.05, 4.69) is 4.98 Å². The summed E-state index contributed by atoms with van der Waals surface area (Å²) in [6.45, 7) is 10.7. The van der Waals surface area contributed by atoms with Crippen LogP contribution < -0.4 is 9.04 Å². The zero-order valence-electron chi connectivity index (χ0n) is 19.6. The highest BCUT2D eigenvalue weighted by Gasteiger charge is 2.32. The molecule has 176 valence electrons. The van der Waals surface area contributed by atoms with Crippen LogP contribution in [-0.2, 0) is 14.8 Å². The molecule has 3 aromatic rings. The van der Waals surface area contributed by atoms with E-state index in [1.807, 2.05) is 26.8 Å². The van der Waals surface area contributed by atoms with Crippen molar-refractivity contribution >= 4 is 33.0 Å². The minimum atomic E-state index is -3.92. The summed E-state index contributed by atoms with van der Waals surface area (Å²) in [7, 11) is -3.92. The molecule has 7 nitrogen and oxygen atoms in total. The average molecular weight is 489 g/mol.